The molecular formula is C15H16N6O2. The summed E-state index contributed by atoms with van der Waals surface area (Å²) >= 11 is 0. The highest BCUT2D eigenvalue weighted by Gasteiger charge is 2.28. The summed E-state index contributed by atoms with van der Waals surface area (Å²) in [7, 11) is 0. The fourth-order valence-electron chi connectivity index (χ4n) is 2.13. The van der Waals surface area contributed by atoms with E-state index < -0.39 is 5.54 Å². The smallest absolute Gasteiger partial charge is 0.297 e. The maximum Gasteiger partial charge on any atom is 0.297 e. The van der Waals surface area contributed by atoms with Gasteiger partial charge in [0.2, 0.25) is 11.7 Å². The van der Waals surface area contributed by atoms with E-state index in [2.05, 4.69) is 25.5 Å². The van der Waals surface area contributed by atoms with E-state index in [0.717, 1.165) is 5.69 Å². The number of benzene rings is 1. The summed E-state index contributed by atoms with van der Waals surface area (Å²) in [6.07, 6.45) is 1.58. The number of nitrogens with zero attached hydrogens (tertiary/aromatic N) is 5. The van der Waals surface area contributed by atoms with E-state index in [-0.39, 0.29) is 11.8 Å². The van der Waals surface area contributed by atoms with Crippen LogP contribution in [0.2, 0.25) is 0 Å². The number of carbonyl (C=O) groups is 1. The molecule has 3 aromatic rings. The van der Waals surface area contributed by atoms with Gasteiger partial charge in [0.05, 0.1) is 11.2 Å². The Morgan fingerprint density at radius 1 is 1.26 bits per heavy atom. The Labute approximate surface area is 132 Å². The third-order valence-corrected chi connectivity index (χ3v) is 3.18. The zero-order chi connectivity index (χ0) is 16.4. The highest BCUT2D eigenvalue weighted by Crippen LogP contribution is 2.20. The molecule has 23 heavy (non-hydrogen) atoms. The Morgan fingerprint density at radius 3 is 2.70 bits per heavy atom. The first kappa shape index (κ1) is 14.9. The molecule has 1 N–H and O–H groups in total. The standard InChI is InChI=1S/C15H16N6O2/c1-10(22)18-15(2,3)14-17-13(23-20-14)12-16-9-21(19-12)11-7-5-4-6-8-11/h4-9H,1-3H3,(H,18,22). The van der Waals surface area contributed by atoms with Crippen LogP contribution < -0.4 is 5.32 Å². The SMILES string of the molecule is CC(=O)NC(C)(C)c1noc(-c2ncn(-c3ccccc3)n2)n1. The van der Waals surface area contributed by atoms with Gasteiger partial charge in [0.25, 0.3) is 5.89 Å². The molecule has 0 atom stereocenters. The third kappa shape index (κ3) is 3.10. The fourth-order valence-corrected chi connectivity index (χ4v) is 2.13. The second-order valence-corrected chi connectivity index (χ2v) is 5.58. The van der Waals surface area contributed by atoms with Gasteiger partial charge in [0.1, 0.15) is 6.33 Å². The van der Waals surface area contributed by atoms with E-state index in [1.807, 2.05) is 30.3 Å². The quantitative estimate of drug-likeness (QED) is 0.787. The molecule has 2 heterocycles. The van der Waals surface area contributed by atoms with E-state index in [9.17, 15) is 4.79 Å². The number of para-hydroxylation sites is 1. The van der Waals surface area contributed by atoms with E-state index in [0.29, 0.717) is 11.6 Å². The van der Waals surface area contributed by atoms with Gasteiger partial charge in [0, 0.05) is 6.92 Å². The maximum absolute atomic E-state index is 11.2. The van der Waals surface area contributed by atoms with Crippen molar-refractivity contribution in [2.45, 2.75) is 26.3 Å². The predicted octanol–water partition coefficient (Wildman–Crippen LogP) is 1.69. The van der Waals surface area contributed by atoms with Gasteiger partial charge in [0.15, 0.2) is 5.82 Å². The lowest BCUT2D eigenvalue weighted by atomic mass is 10.1. The lowest BCUT2D eigenvalue weighted by molar-refractivity contribution is -0.120. The highest BCUT2D eigenvalue weighted by molar-refractivity contribution is 5.73. The van der Waals surface area contributed by atoms with Crippen LogP contribution in [0.3, 0.4) is 0 Å². The number of carbonyl (C=O) groups excluding carboxylic acids is 1. The molecule has 0 saturated heterocycles. The van der Waals surface area contributed by atoms with Crippen molar-refractivity contribution in [1.82, 2.24) is 30.2 Å². The van der Waals surface area contributed by atoms with Crippen molar-refractivity contribution in [3.63, 3.8) is 0 Å². The molecule has 118 valence electrons. The minimum absolute atomic E-state index is 0.173. The molecule has 0 aliphatic carbocycles. The van der Waals surface area contributed by atoms with Gasteiger partial charge >= 0.3 is 0 Å². The van der Waals surface area contributed by atoms with Crippen LogP contribution >= 0.6 is 0 Å². The number of hydrogen-bond acceptors (Lipinski definition) is 6. The molecule has 2 aromatic heterocycles. The number of aromatic nitrogens is 5. The predicted molar refractivity (Wildman–Crippen MR) is 81.5 cm³/mol. The second-order valence-electron chi connectivity index (χ2n) is 5.58. The molecular weight excluding hydrogens is 296 g/mol. The Bertz CT molecular complexity index is 821. The van der Waals surface area contributed by atoms with Crippen LogP contribution in [0.1, 0.15) is 26.6 Å². The summed E-state index contributed by atoms with van der Waals surface area (Å²) in [5.41, 5.74) is 0.139. The van der Waals surface area contributed by atoms with Gasteiger partial charge in [-0.1, -0.05) is 23.4 Å². The zero-order valence-corrected chi connectivity index (χ0v) is 13.0. The molecule has 0 radical (unpaired) electrons. The molecule has 0 fully saturated rings. The van der Waals surface area contributed by atoms with Gasteiger partial charge in [-0.15, -0.1) is 5.10 Å². The van der Waals surface area contributed by atoms with Crippen LogP contribution in [-0.4, -0.2) is 30.8 Å². The average molecular weight is 312 g/mol. The van der Waals surface area contributed by atoms with Crippen molar-refractivity contribution >= 4 is 5.91 Å². The maximum atomic E-state index is 11.2. The minimum Gasteiger partial charge on any atom is -0.344 e. The molecule has 1 aromatic carbocycles. The summed E-state index contributed by atoms with van der Waals surface area (Å²) in [6.45, 7) is 5.02. The summed E-state index contributed by atoms with van der Waals surface area (Å²) in [4.78, 5) is 19.7. The largest absolute Gasteiger partial charge is 0.344 e. The zero-order valence-electron chi connectivity index (χ0n) is 13.0. The first-order chi connectivity index (χ1) is 11.0. The van der Waals surface area contributed by atoms with Crippen molar-refractivity contribution in [1.29, 1.82) is 0 Å². The van der Waals surface area contributed by atoms with Gasteiger partial charge in [-0.2, -0.15) is 4.98 Å². The third-order valence-electron chi connectivity index (χ3n) is 3.18. The molecule has 8 nitrogen and oxygen atoms in total. The van der Waals surface area contributed by atoms with E-state index >= 15 is 0 Å². The van der Waals surface area contributed by atoms with Crippen LogP contribution in [0, 0.1) is 0 Å². The van der Waals surface area contributed by atoms with Crippen LogP contribution in [0.25, 0.3) is 17.4 Å². The Balaban J connectivity index is 1.87. The average Bonchev–Trinajstić information content (AvgIpc) is 3.16. The molecule has 0 saturated carbocycles. The van der Waals surface area contributed by atoms with Crippen molar-refractivity contribution in [3.05, 3.63) is 42.5 Å². The Morgan fingerprint density at radius 2 is 2.00 bits per heavy atom. The van der Waals surface area contributed by atoms with E-state index in [4.69, 9.17) is 4.52 Å². The molecule has 0 unspecified atom stereocenters. The lowest BCUT2D eigenvalue weighted by Crippen LogP contribution is -2.40. The van der Waals surface area contributed by atoms with Crippen LogP contribution in [0.5, 0.6) is 0 Å². The number of amides is 1. The molecule has 3 rings (SSSR count). The minimum atomic E-state index is -0.740. The number of nitrogens with one attached hydrogen (secondary N) is 1. The summed E-state index contributed by atoms with van der Waals surface area (Å²) in [5.74, 6) is 0.714. The van der Waals surface area contributed by atoms with Crippen molar-refractivity contribution in [2.75, 3.05) is 0 Å². The summed E-state index contributed by atoms with van der Waals surface area (Å²) in [6, 6.07) is 9.58. The summed E-state index contributed by atoms with van der Waals surface area (Å²) in [5, 5.41) is 11.0. The normalized spacial score (nSPS) is 11.4. The van der Waals surface area contributed by atoms with Crippen LogP contribution in [0.15, 0.2) is 41.2 Å². The Kier molecular flexibility index (Phi) is 3.65. The monoisotopic (exact) mass is 312 g/mol. The second kappa shape index (κ2) is 5.64. The van der Waals surface area contributed by atoms with Gasteiger partial charge < -0.3 is 9.84 Å². The van der Waals surface area contributed by atoms with Crippen LogP contribution in [0.4, 0.5) is 0 Å². The summed E-state index contributed by atoms with van der Waals surface area (Å²) < 4.78 is 6.84. The Hall–Kier alpha value is -3.03. The van der Waals surface area contributed by atoms with Crippen molar-refractivity contribution < 1.29 is 9.32 Å². The fraction of sp³-hybridized carbons (Fsp3) is 0.267. The molecule has 8 heteroatoms. The van der Waals surface area contributed by atoms with Crippen molar-refractivity contribution in [3.8, 4) is 17.4 Å². The number of hydrogen-bond donors (Lipinski definition) is 1. The number of rotatable bonds is 4. The van der Waals surface area contributed by atoms with E-state index in [1.165, 1.54) is 6.92 Å². The molecule has 0 bridgehead atoms. The highest BCUT2D eigenvalue weighted by atomic mass is 16.5. The molecule has 0 spiro atoms. The molecule has 1 amide bonds. The lowest BCUT2D eigenvalue weighted by Gasteiger charge is -2.20. The molecule has 0 aliphatic rings. The first-order valence-corrected chi connectivity index (χ1v) is 7.06. The van der Waals surface area contributed by atoms with Crippen LogP contribution in [-0.2, 0) is 10.3 Å². The first-order valence-electron chi connectivity index (χ1n) is 7.06. The van der Waals surface area contributed by atoms with Gasteiger partial charge in [-0.3, -0.25) is 4.79 Å². The van der Waals surface area contributed by atoms with Gasteiger partial charge in [-0.05, 0) is 26.0 Å². The van der Waals surface area contributed by atoms with Gasteiger partial charge in [-0.25, -0.2) is 9.67 Å². The molecule has 0 aliphatic heterocycles. The van der Waals surface area contributed by atoms with E-state index in [1.54, 1.807) is 24.9 Å². The topological polar surface area (TPSA) is 98.7 Å². The van der Waals surface area contributed by atoms with Crippen molar-refractivity contribution in [2.24, 2.45) is 0 Å².